The summed E-state index contributed by atoms with van der Waals surface area (Å²) in [4.78, 5) is 0. The van der Waals surface area contributed by atoms with Gasteiger partial charge in [0.1, 0.15) is 11.8 Å². The van der Waals surface area contributed by atoms with Crippen LogP contribution in [-0.4, -0.2) is 5.11 Å². The van der Waals surface area contributed by atoms with E-state index in [4.69, 9.17) is 16.9 Å². The lowest BCUT2D eigenvalue weighted by molar-refractivity contribution is 0.468. The van der Waals surface area contributed by atoms with E-state index in [1.807, 2.05) is 13.0 Å². The molecule has 0 aromatic heterocycles. The van der Waals surface area contributed by atoms with Crippen LogP contribution in [0.4, 0.5) is 0 Å². The molecular formula is C10H10ClNO. The van der Waals surface area contributed by atoms with Gasteiger partial charge in [-0.05, 0) is 37.5 Å². The summed E-state index contributed by atoms with van der Waals surface area (Å²) in [6.45, 7) is 5.30. The van der Waals surface area contributed by atoms with Crippen molar-refractivity contribution < 1.29 is 5.11 Å². The van der Waals surface area contributed by atoms with E-state index in [1.54, 1.807) is 13.8 Å². The van der Waals surface area contributed by atoms with Crippen LogP contribution >= 0.6 is 11.6 Å². The molecule has 1 rings (SSSR count). The number of hydrogen-bond acceptors (Lipinski definition) is 2. The predicted octanol–water partition coefficient (Wildman–Crippen LogP) is 2.84. The van der Waals surface area contributed by atoms with Crippen LogP contribution in [0.1, 0.15) is 22.3 Å². The minimum atomic E-state index is 0.0434. The fourth-order valence-electron chi connectivity index (χ4n) is 1.24. The third-order valence-corrected chi connectivity index (χ3v) is 2.87. The van der Waals surface area contributed by atoms with Gasteiger partial charge in [0.05, 0.1) is 5.56 Å². The van der Waals surface area contributed by atoms with Crippen molar-refractivity contribution >= 4 is 11.6 Å². The Labute approximate surface area is 82.4 Å². The highest BCUT2D eigenvalue weighted by Crippen LogP contribution is 2.34. The molecule has 1 aromatic carbocycles. The maximum atomic E-state index is 9.60. The second kappa shape index (κ2) is 3.27. The summed E-state index contributed by atoms with van der Waals surface area (Å²) in [6, 6.07) is 1.94. The lowest BCUT2D eigenvalue weighted by Gasteiger charge is -2.10. The van der Waals surface area contributed by atoms with E-state index in [2.05, 4.69) is 0 Å². The molecule has 0 aliphatic carbocycles. The first kappa shape index (κ1) is 9.88. The largest absolute Gasteiger partial charge is 0.506 e. The molecule has 13 heavy (non-hydrogen) atoms. The summed E-state index contributed by atoms with van der Waals surface area (Å²) >= 11 is 5.98. The average Bonchev–Trinajstić information content (AvgIpc) is 2.13. The summed E-state index contributed by atoms with van der Waals surface area (Å²) in [6.07, 6.45) is 0. The number of phenolic OH excluding ortho intramolecular Hbond substituents is 1. The minimum Gasteiger partial charge on any atom is -0.506 e. The molecule has 0 amide bonds. The van der Waals surface area contributed by atoms with Crippen LogP contribution in [0.2, 0.25) is 5.02 Å². The normalized spacial score (nSPS) is 9.77. The SMILES string of the molecule is Cc1c(C)c(Cl)c(C)c(C#N)c1O. The van der Waals surface area contributed by atoms with E-state index in [1.165, 1.54) is 0 Å². The number of nitrogens with zero attached hydrogens (tertiary/aromatic N) is 1. The number of nitriles is 1. The molecular weight excluding hydrogens is 186 g/mol. The zero-order valence-corrected chi connectivity index (χ0v) is 8.53. The van der Waals surface area contributed by atoms with Gasteiger partial charge >= 0.3 is 0 Å². The van der Waals surface area contributed by atoms with Gasteiger partial charge in [-0.1, -0.05) is 11.6 Å². The second-order valence-corrected chi connectivity index (χ2v) is 3.40. The number of aromatic hydroxyl groups is 1. The summed E-state index contributed by atoms with van der Waals surface area (Å²) in [5.74, 6) is 0.0434. The van der Waals surface area contributed by atoms with Crippen LogP contribution in [0.5, 0.6) is 5.75 Å². The fourth-order valence-corrected chi connectivity index (χ4v) is 1.47. The Balaban J connectivity index is 3.69. The smallest absolute Gasteiger partial charge is 0.136 e. The Hall–Kier alpha value is -1.20. The Bertz CT molecular complexity index is 375. The second-order valence-electron chi connectivity index (χ2n) is 3.02. The van der Waals surface area contributed by atoms with Crippen molar-refractivity contribution in [1.29, 1.82) is 5.26 Å². The fraction of sp³-hybridized carbons (Fsp3) is 0.300. The van der Waals surface area contributed by atoms with Crippen LogP contribution < -0.4 is 0 Å². The molecule has 0 fully saturated rings. The zero-order valence-electron chi connectivity index (χ0n) is 7.77. The molecule has 68 valence electrons. The van der Waals surface area contributed by atoms with Crippen LogP contribution in [-0.2, 0) is 0 Å². The summed E-state index contributed by atoms with van der Waals surface area (Å²) in [5.41, 5.74) is 2.42. The topological polar surface area (TPSA) is 44.0 Å². The standard InChI is InChI=1S/C10H10ClNO/c1-5-6(2)10(13)8(4-12)7(3)9(5)11/h13H,1-3H3. The maximum absolute atomic E-state index is 9.60. The van der Waals surface area contributed by atoms with Gasteiger partial charge in [-0.3, -0.25) is 0 Å². The van der Waals surface area contributed by atoms with Gasteiger partial charge < -0.3 is 5.11 Å². The van der Waals surface area contributed by atoms with Gasteiger partial charge in [-0.15, -0.1) is 0 Å². The van der Waals surface area contributed by atoms with Crippen molar-refractivity contribution in [3.8, 4) is 11.8 Å². The van der Waals surface area contributed by atoms with E-state index in [9.17, 15) is 5.11 Å². The minimum absolute atomic E-state index is 0.0434. The molecule has 2 nitrogen and oxygen atoms in total. The monoisotopic (exact) mass is 195 g/mol. The Kier molecular flexibility index (Phi) is 2.49. The first-order chi connectivity index (χ1) is 6.00. The molecule has 1 aromatic rings. The molecule has 1 N–H and O–H groups in total. The lowest BCUT2D eigenvalue weighted by Crippen LogP contribution is -1.93. The Morgan fingerprint density at radius 3 is 2.15 bits per heavy atom. The summed E-state index contributed by atoms with van der Waals surface area (Å²) in [7, 11) is 0. The molecule has 0 aliphatic rings. The lowest BCUT2D eigenvalue weighted by atomic mass is 10.00. The van der Waals surface area contributed by atoms with Crippen molar-refractivity contribution in [3.05, 3.63) is 27.3 Å². The van der Waals surface area contributed by atoms with Gasteiger partial charge in [-0.25, -0.2) is 0 Å². The number of phenols is 1. The van der Waals surface area contributed by atoms with Gasteiger partial charge in [0.15, 0.2) is 0 Å². The summed E-state index contributed by atoms with van der Waals surface area (Å²) in [5, 5.41) is 18.9. The number of halogens is 1. The van der Waals surface area contributed by atoms with Crippen LogP contribution in [0.25, 0.3) is 0 Å². The molecule has 0 unspecified atom stereocenters. The van der Waals surface area contributed by atoms with Crippen LogP contribution in [0.15, 0.2) is 0 Å². The number of hydrogen-bond donors (Lipinski definition) is 1. The molecule has 0 spiro atoms. The molecule has 0 bridgehead atoms. The van der Waals surface area contributed by atoms with E-state index in [-0.39, 0.29) is 11.3 Å². The van der Waals surface area contributed by atoms with E-state index >= 15 is 0 Å². The Morgan fingerprint density at radius 1 is 1.15 bits per heavy atom. The first-order valence-electron chi connectivity index (χ1n) is 3.89. The first-order valence-corrected chi connectivity index (χ1v) is 4.26. The van der Waals surface area contributed by atoms with Crippen molar-refractivity contribution in [3.63, 3.8) is 0 Å². The van der Waals surface area contributed by atoms with E-state index in [0.29, 0.717) is 16.1 Å². The average molecular weight is 196 g/mol. The van der Waals surface area contributed by atoms with Crippen LogP contribution in [0.3, 0.4) is 0 Å². The molecule has 0 radical (unpaired) electrons. The van der Waals surface area contributed by atoms with E-state index in [0.717, 1.165) is 5.56 Å². The number of benzene rings is 1. The van der Waals surface area contributed by atoms with Crippen molar-refractivity contribution in [2.24, 2.45) is 0 Å². The highest BCUT2D eigenvalue weighted by molar-refractivity contribution is 6.32. The van der Waals surface area contributed by atoms with Gasteiger partial charge in [0.2, 0.25) is 0 Å². The van der Waals surface area contributed by atoms with Gasteiger partial charge in [-0.2, -0.15) is 5.26 Å². The molecule has 0 heterocycles. The van der Waals surface area contributed by atoms with Crippen molar-refractivity contribution in [2.75, 3.05) is 0 Å². The van der Waals surface area contributed by atoms with Gasteiger partial charge in [0, 0.05) is 5.02 Å². The highest BCUT2D eigenvalue weighted by Gasteiger charge is 2.14. The van der Waals surface area contributed by atoms with Gasteiger partial charge in [0.25, 0.3) is 0 Å². The zero-order chi connectivity index (χ0) is 10.2. The summed E-state index contributed by atoms with van der Waals surface area (Å²) < 4.78 is 0. The third-order valence-electron chi connectivity index (χ3n) is 2.30. The maximum Gasteiger partial charge on any atom is 0.136 e. The highest BCUT2D eigenvalue weighted by atomic mass is 35.5. The van der Waals surface area contributed by atoms with E-state index < -0.39 is 0 Å². The third kappa shape index (κ3) is 1.36. The molecule has 0 atom stereocenters. The molecule has 0 saturated carbocycles. The van der Waals surface area contributed by atoms with Crippen molar-refractivity contribution in [1.82, 2.24) is 0 Å². The number of rotatable bonds is 0. The van der Waals surface area contributed by atoms with Crippen LogP contribution in [0, 0.1) is 32.1 Å². The Morgan fingerprint density at radius 2 is 1.69 bits per heavy atom. The molecule has 0 aliphatic heterocycles. The quantitative estimate of drug-likeness (QED) is 0.692. The predicted molar refractivity (Wildman–Crippen MR) is 52.0 cm³/mol. The molecule has 0 saturated heterocycles. The van der Waals surface area contributed by atoms with Crippen molar-refractivity contribution in [2.45, 2.75) is 20.8 Å². The molecule has 3 heteroatoms.